The summed E-state index contributed by atoms with van der Waals surface area (Å²) in [5.41, 5.74) is 0. The first-order valence-corrected chi connectivity index (χ1v) is 4.37. The van der Waals surface area contributed by atoms with Crippen molar-refractivity contribution in [2.45, 2.75) is 6.92 Å². The van der Waals surface area contributed by atoms with Gasteiger partial charge in [0.15, 0.2) is 0 Å². The number of phenols is 1. The number of hydrogen-bond acceptors (Lipinski definition) is 2. The topological polar surface area (TPSA) is 20.2 Å². The van der Waals surface area contributed by atoms with Crippen LogP contribution < -0.4 is 0 Å². The van der Waals surface area contributed by atoms with E-state index < -0.39 is 5.82 Å². The van der Waals surface area contributed by atoms with Gasteiger partial charge in [0.2, 0.25) is 0 Å². The molecule has 1 aromatic carbocycles. The van der Waals surface area contributed by atoms with E-state index in [1.54, 1.807) is 0 Å². The largest absolute Gasteiger partial charge is 0.506 e. The summed E-state index contributed by atoms with van der Waals surface area (Å²) >= 11 is 1.47. The van der Waals surface area contributed by atoms with Crippen molar-refractivity contribution >= 4 is 21.4 Å². The lowest BCUT2D eigenvalue weighted by Crippen LogP contribution is -1.71. The molecule has 2 rings (SSSR count). The molecule has 1 aromatic heterocycles. The number of benzene rings is 1. The summed E-state index contributed by atoms with van der Waals surface area (Å²) in [6.45, 7) is 1.93. The Labute approximate surface area is 73.1 Å². The fourth-order valence-corrected chi connectivity index (χ4v) is 2.13. The Morgan fingerprint density at radius 2 is 2.08 bits per heavy atom. The van der Waals surface area contributed by atoms with Crippen molar-refractivity contribution in [1.29, 1.82) is 0 Å². The summed E-state index contributed by atoms with van der Waals surface area (Å²) in [6, 6.07) is 4.43. The van der Waals surface area contributed by atoms with Gasteiger partial charge in [0.05, 0.1) is 4.70 Å². The molecule has 0 fully saturated rings. The smallest absolute Gasteiger partial charge is 0.136 e. The minimum absolute atomic E-state index is 0.0306. The predicted molar refractivity (Wildman–Crippen MR) is 48.2 cm³/mol. The number of aromatic hydroxyl groups is 1. The number of rotatable bonds is 0. The van der Waals surface area contributed by atoms with Crippen molar-refractivity contribution in [3.8, 4) is 5.75 Å². The summed E-state index contributed by atoms with van der Waals surface area (Å²) < 4.78 is 13.5. The van der Waals surface area contributed by atoms with Gasteiger partial charge in [-0.05, 0) is 24.4 Å². The van der Waals surface area contributed by atoms with Crippen LogP contribution in [-0.4, -0.2) is 5.11 Å². The average molecular weight is 182 g/mol. The molecule has 1 nitrogen and oxygen atoms in total. The van der Waals surface area contributed by atoms with Gasteiger partial charge in [-0.15, -0.1) is 11.3 Å². The highest BCUT2D eigenvalue weighted by molar-refractivity contribution is 7.19. The number of thiophene rings is 1. The molecule has 0 radical (unpaired) electrons. The summed E-state index contributed by atoms with van der Waals surface area (Å²) in [7, 11) is 0. The standard InChI is InChI=1S/C9H7FOS/c1-5-2-6-3-7(10)4-8(11)9(6)12-5/h2-4,11H,1H3. The van der Waals surface area contributed by atoms with Crippen molar-refractivity contribution in [1.82, 2.24) is 0 Å². The second-order valence-electron chi connectivity index (χ2n) is 2.70. The maximum atomic E-state index is 12.8. The van der Waals surface area contributed by atoms with Gasteiger partial charge in [-0.1, -0.05) is 0 Å². The molecule has 1 N–H and O–H groups in total. The van der Waals surface area contributed by atoms with E-state index in [2.05, 4.69) is 0 Å². The van der Waals surface area contributed by atoms with Crippen LogP contribution in [0.5, 0.6) is 5.75 Å². The van der Waals surface area contributed by atoms with Crippen LogP contribution in [0.3, 0.4) is 0 Å². The maximum Gasteiger partial charge on any atom is 0.136 e. The van der Waals surface area contributed by atoms with Crippen molar-refractivity contribution in [3.05, 3.63) is 28.9 Å². The highest BCUT2D eigenvalue weighted by Crippen LogP contribution is 2.33. The van der Waals surface area contributed by atoms with E-state index in [4.69, 9.17) is 0 Å². The second-order valence-corrected chi connectivity index (χ2v) is 3.96. The number of aryl methyl sites for hydroxylation is 1. The molecule has 12 heavy (non-hydrogen) atoms. The normalized spacial score (nSPS) is 10.8. The predicted octanol–water partition coefficient (Wildman–Crippen LogP) is 3.05. The molecule has 0 aliphatic rings. The summed E-state index contributed by atoms with van der Waals surface area (Å²) in [5, 5.41) is 10.1. The van der Waals surface area contributed by atoms with Crippen molar-refractivity contribution in [2.24, 2.45) is 0 Å². The Hall–Kier alpha value is -1.09. The van der Waals surface area contributed by atoms with E-state index in [0.717, 1.165) is 21.0 Å². The van der Waals surface area contributed by atoms with Gasteiger partial charge in [-0.3, -0.25) is 0 Å². The monoisotopic (exact) mass is 182 g/mol. The van der Waals surface area contributed by atoms with Crippen LogP contribution in [0.2, 0.25) is 0 Å². The zero-order valence-electron chi connectivity index (χ0n) is 6.47. The van der Waals surface area contributed by atoms with Crippen LogP contribution in [0.1, 0.15) is 4.88 Å². The van der Waals surface area contributed by atoms with Crippen LogP contribution in [0.4, 0.5) is 4.39 Å². The number of phenolic OH excluding ortho intramolecular Hbond substituents is 1. The minimum Gasteiger partial charge on any atom is -0.506 e. The van der Waals surface area contributed by atoms with Crippen LogP contribution in [-0.2, 0) is 0 Å². The molecule has 0 aliphatic carbocycles. The molecule has 0 saturated carbocycles. The molecular weight excluding hydrogens is 175 g/mol. The third kappa shape index (κ3) is 1.06. The first-order valence-electron chi connectivity index (χ1n) is 3.55. The quantitative estimate of drug-likeness (QED) is 0.663. The lowest BCUT2D eigenvalue weighted by Gasteiger charge is -1.93. The first-order chi connectivity index (χ1) is 5.66. The third-order valence-electron chi connectivity index (χ3n) is 1.68. The van der Waals surface area contributed by atoms with Gasteiger partial charge in [0.25, 0.3) is 0 Å². The zero-order valence-corrected chi connectivity index (χ0v) is 7.28. The number of fused-ring (bicyclic) bond motifs is 1. The molecule has 62 valence electrons. The third-order valence-corrected chi connectivity index (χ3v) is 2.77. The number of halogens is 1. The van der Waals surface area contributed by atoms with Crippen LogP contribution in [0.25, 0.3) is 10.1 Å². The molecule has 0 atom stereocenters. The van der Waals surface area contributed by atoms with E-state index in [9.17, 15) is 9.50 Å². The van der Waals surface area contributed by atoms with Gasteiger partial charge in [-0.2, -0.15) is 0 Å². The molecule has 0 unspecified atom stereocenters. The lowest BCUT2D eigenvalue weighted by molar-refractivity contribution is 0.476. The van der Waals surface area contributed by atoms with Crippen molar-refractivity contribution < 1.29 is 9.50 Å². The van der Waals surface area contributed by atoms with E-state index >= 15 is 0 Å². The first kappa shape index (κ1) is 7.55. The van der Waals surface area contributed by atoms with Crippen molar-refractivity contribution in [3.63, 3.8) is 0 Å². The Balaban J connectivity index is 2.88. The molecule has 2 aromatic rings. The SMILES string of the molecule is Cc1cc2cc(F)cc(O)c2s1. The van der Waals surface area contributed by atoms with Crippen molar-refractivity contribution in [2.75, 3.05) is 0 Å². The maximum absolute atomic E-state index is 12.8. The van der Waals surface area contributed by atoms with Crippen LogP contribution in [0, 0.1) is 12.7 Å². The van der Waals surface area contributed by atoms with Crippen LogP contribution in [0.15, 0.2) is 18.2 Å². The molecule has 1 heterocycles. The van der Waals surface area contributed by atoms with E-state index in [1.807, 2.05) is 13.0 Å². The van der Waals surface area contributed by atoms with Gasteiger partial charge < -0.3 is 5.11 Å². The molecule has 0 amide bonds. The molecule has 3 heteroatoms. The molecule has 0 aliphatic heterocycles. The zero-order chi connectivity index (χ0) is 8.72. The fraction of sp³-hybridized carbons (Fsp3) is 0.111. The molecular formula is C9H7FOS. The Morgan fingerprint density at radius 1 is 1.33 bits per heavy atom. The van der Waals surface area contributed by atoms with E-state index in [0.29, 0.717) is 0 Å². The Bertz CT molecular complexity index is 433. The fourth-order valence-electron chi connectivity index (χ4n) is 1.23. The summed E-state index contributed by atoms with van der Waals surface area (Å²) in [6.07, 6.45) is 0. The molecule has 0 spiro atoms. The Morgan fingerprint density at radius 3 is 2.83 bits per heavy atom. The highest BCUT2D eigenvalue weighted by atomic mass is 32.1. The highest BCUT2D eigenvalue weighted by Gasteiger charge is 2.05. The minimum atomic E-state index is -0.391. The summed E-state index contributed by atoms with van der Waals surface area (Å²) in [5.74, 6) is -0.360. The van der Waals surface area contributed by atoms with E-state index in [-0.39, 0.29) is 5.75 Å². The molecule has 0 bridgehead atoms. The van der Waals surface area contributed by atoms with Gasteiger partial charge >= 0.3 is 0 Å². The van der Waals surface area contributed by atoms with Gasteiger partial charge in [0, 0.05) is 10.9 Å². The Kier molecular flexibility index (Phi) is 1.54. The molecule has 0 saturated heterocycles. The van der Waals surface area contributed by atoms with E-state index in [1.165, 1.54) is 17.4 Å². The number of hydrogen-bond donors (Lipinski definition) is 1. The lowest BCUT2D eigenvalue weighted by atomic mass is 10.2. The van der Waals surface area contributed by atoms with Gasteiger partial charge in [-0.25, -0.2) is 4.39 Å². The average Bonchev–Trinajstić information content (AvgIpc) is 2.29. The van der Waals surface area contributed by atoms with Gasteiger partial charge in [0.1, 0.15) is 11.6 Å². The summed E-state index contributed by atoms with van der Waals surface area (Å²) in [4.78, 5) is 1.07. The van der Waals surface area contributed by atoms with Crippen LogP contribution >= 0.6 is 11.3 Å². The second kappa shape index (κ2) is 2.45.